The summed E-state index contributed by atoms with van der Waals surface area (Å²) in [5, 5.41) is 18.6. The van der Waals surface area contributed by atoms with Crippen LogP contribution in [-0.2, 0) is 0 Å². The first-order chi connectivity index (χ1) is 7.18. The Bertz CT molecular complexity index is 345. The summed E-state index contributed by atoms with van der Waals surface area (Å²) in [5.74, 6) is 0.354. The summed E-state index contributed by atoms with van der Waals surface area (Å²) < 4.78 is 0. The van der Waals surface area contributed by atoms with Gasteiger partial charge in [0, 0.05) is 6.04 Å². The molecule has 0 spiro atoms. The van der Waals surface area contributed by atoms with Crippen molar-refractivity contribution in [1.29, 1.82) is 0 Å². The monoisotopic (exact) mass is 207 g/mol. The highest BCUT2D eigenvalue weighted by Crippen LogP contribution is 2.36. The molecule has 2 rings (SSSR count). The molecule has 0 bridgehead atoms. The summed E-state index contributed by atoms with van der Waals surface area (Å²) in [5.41, 5.74) is 7.04. The van der Waals surface area contributed by atoms with Crippen molar-refractivity contribution >= 4 is 0 Å². The third-order valence-electron chi connectivity index (χ3n) is 3.29. The molecule has 1 aliphatic carbocycles. The van der Waals surface area contributed by atoms with Crippen LogP contribution >= 0.6 is 0 Å². The van der Waals surface area contributed by atoms with Gasteiger partial charge < -0.3 is 15.9 Å². The van der Waals surface area contributed by atoms with Gasteiger partial charge in [-0.05, 0) is 36.5 Å². The lowest BCUT2D eigenvalue weighted by Gasteiger charge is -2.19. The summed E-state index contributed by atoms with van der Waals surface area (Å²) >= 11 is 0. The van der Waals surface area contributed by atoms with E-state index in [1.807, 2.05) is 0 Å². The number of rotatable bonds is 2. The number of aromatic hydroxyl groups is 2. The third-order valence-corrected chi connectivity index (χ3v) is 3.29. The molecule has 1 aromatic rings. The topological polar surface area (TPSA) is 66.5 Å². The van der Waals surface area contributed by atoms with Crippen LogP contribution < -0.4 is 5.73 Å². The molecule has 0 aromatic heterocycles. The fourth-order valence-corrected chi connectivity index (χ4v) is 2.34. The van der Waals surface area contributed by atoms with E-state index in [1.54, 1.807) is 12.1 Å². The molecule has 3 nitrogen and oxygen atoms in total. The van der Waals surface area contributed by atoms with Gasteiger partial charge in [-0.25, -0.2) is 0 Å². The highest BCUT2D eigenvalue weighted by atomic mass is 16.3. The second kappa shape index (κ2) is 4.11. The highest BCUT2D eigenvalue weighted by Gasteiger charge is 2.23. The van der Waals surface area contributed by atoms with Crippen molar-refractivity contribution in [3.8, 4) is 11.5 Å². The molecule has 3 heteroatoms. The van der Waals surface area contributed by atoms with Crippen molar-refractivity contribution in [2.45, 2.75) is 31.7 Å². The van der Waals surface area contributed by atoms with Gasteiger partial charge in [-0.1, -0.05) is 18.9 Å². The van der Waals surface area contributed by atoms with Crippen molar-refractivity contribution in [3.05, 3.63) is 23.8 Å². The van der Waals surface area contributed by atoms with E-state index in [2.05, 4.69) is 0 Å². The lowest BCUT2D eigenvalue weighted by Crippen LogP contribution is -2.18. The van der Waals surface area contributed by atoms with Gasteiger partial charge in [0.1, 0.15) is 0 Å². The van der Waals surface area contributed by atoms with Crippen LogP contribution in [0.15, 0.2) is 18.2 Å². The minimum absolute atomic E-state index is 0.0148. The van der Waals surface area contributed by atoms with Crippen molar-refractivity contribution in [1.82, 2.24) is 0 Å². The molecule has 1 aliphatic rings. The van der Waals surface area contributed by atoms with Gasteiger partial charge in [0.25, 0.3) is 0 Å². The molecule has 1 fully saturated rings. The normalized spacial score (nSPS) is 19.3. The van der Waals surface area contributed by atoms with E-state index in [-0.39, 0.29) is 17.5 Å². The van der Waals surface area contributed by atoms with E-state index in [0.717, 1.165) is 5.56 Å². The van der Waals surface area contributed by atoms with Crippen LogP contribution in [0.5, 0.6) is 11.5 Å². The van der Waals surface area contributed by atoms with Crippen LogP contribution in [0.25, 0.3) is 0 Å². The second-order valence-electron chi connectivity index (χ2n) is 4.32. The lowest BCUT2D eigenvalue weighted by molar-refractivity contribution is 0.398. The summed E-state index contributed by atoms with van der Waals surface area (Å²) in [7, 11) is 0. The molecule has 0 heterocycles. The summed E-state index contributed by atoms with van der Waals surface area (Å²) in [6.45, 7) is 0. The Kier molecular flexibility index (Phi) is 2.82. The standard InChI is InChI=1S/C12H17NO2/c13-12(8-3-1-2-4-8)9-5-6-10(14)11(15)7-9/h5-8,12,14-15H,1-4,13H2/t12-/m0/s1. The molecule has 1 aromatic carbocycles. The number of phenols is 2. The SMILES string of the molecule is N[C@H](c1ccc(O)c(O)c1)C1CCCC1. The maximum atomic E-state index is 9.39. The van der Waals surface area contributed by atoms with Crippen molar-refractivity contribution < 1.29 is 10.2 Å². The van der Waals surface area contributed by atoms with Gasteiger partial charge in [-0.3, -0.25) is 0 Å². The first-order valence-electron chi connectivity index (χ1n) is 5.46. The zero-order valence-corrected chi connectivity index (χ0v) is 8.69. The molecule has 0 saturated heterocycles. The average Bonchev–Trinajstić information content (AvgIpc) is 2.74. The number of nitrogens with two attached hydrogens (primary N) is 1. The largest absolute Gasteiger partial charge is 0.504 e. The van der Waals surface area contributed by atoms with E-state index in [1.165, 1.54) is 31.7 Å². The molecule has 82 valence electrons. The quantitative estimate of drug-likeness (QED) is 0.652. The first kappa shape index (κ1) is 10.3. The maximum Gasteiger partial charge on any atom is 0.157 e. The summed E-state index contributed by atoms with van der Waals surface area (Å²) in [4.78, 5) is 0. The predicted octanol–water partition coefficient (Wildman–Crippen LogP) is 2.29. The Morgan fingerprint density at radius 3 is 2.40 bits per heavy atom. The van der Waals surface area contributed by atoms with E-state index in [9.17, 15) is 10.2 Å². The molecule has 0 radical (unpaired) electrons. The fraction of sp³-hybridized carbons (Fsp3) is 0.500. The van der Waals surface area contributed by atoms with Crippen LogP contribution in [0.1, 0.15) is 37.3 Å². The van der Waals surface area contributed by atoms with Gasteiger partial charge in [0.15, 0.2) is 11.5 Å². The van der Waals surface area contributed by atoms with Crippen molar-refractivity contribution in [3.63, 3.8) is 0 Å². The predicted molar refractivity (Wildman–Crippen MR) is 58.7 cm³/mol. The highest BCUT2D eigenvalue weighted by molar-refractivity contribution is 5.41. The van der Waals surface area contributed by atoms with Gasteiger partial charge in [0.05, 0.1) is 0 Å². The molecule has 1 atom stereocenters. The van der Waals surface area contributed by atoms with Gasteiger partial charge in [-0.2, -0.15) is 0 Å². The van der Waals surface area contributed by atoms with E-state index >= 15 is 0 Å². The molecular weight excluding hydrogens is 190 g/mol. The van der Waals surface area contributed by atoms with E-state index in [4.69, 9.17) is 5.73 Å². The smallest absolute Gasteiger partial charge is 0.157 e. The zero-order chi connectivity index (χ0) is 10.8. The molecule has 0 aliphatic heterocycles. The lowest BCUT2D eigenvalue weighted by atomic mass is 9.92. The Hall–Kier alpha value is -1.22. The van der Waals surface area contributed by atoms with E-state index < -0.39 is 0 Å². The summed E-state index contributed by atoms with van der Waals surface area (Å²) in [6.07, 6.45) is 4.84. The third kappa shape index (κ3) is 2.07. The van der Waals surface area contributed by atoms with Crippen molar-refractivity contribution in [2.24, 2.45) is 11.7 Å². The Labute approximate surface area is 89.5 Å². The van der Waals surface area contributed by atoms with Gasteiger partial charge >= 0.3 is 0 Å². The van der Waals surface area contributed by atoms with E-state index in [0.29, 0.717) is 5.92 Å². The van der Waals surface area contributed by atoms with Crippen LogP contribution in [0.2, 0.25) is 0 Å². The number of hydrogen-bond acceptors (Lipinski definition) is 3. The minimum Gasteiger partial charge on any atom is -0.504 e. The number of phenolic OH excluding ortho intramolecular Hbond substituents is 2. The Morgan fingerprint density at radius 2 is 1.80 bits per heavy atom. The van der Waals surface area contributed by atoms with Crippen molar-refractivity contribution in [2.75, 3.05) is 0 Å². The molecular formula is C12H17NO2. The zero-order valence-electron chi connectivity index (χ0n) is 8.69. The Balaban J connectivity index is 2.17. The molecule has 15 heavy (non-hydrogen) atoms. The van der Waals surface area contributed by atoms with Crippen LogP contribution in [0, 0.1) is 5.92 Å². The van der Waals surface area contributed by atoms with Crippen LogP contribution in [0.4, 0.5) is 0 Å². The molecule has 0 amide bonds. The fourth-order valence-electron chi connectivity index (χ4n) is 2.34. The first-order valence-corrected chi connectivity index (χ1v) is 5.46. The molecule has 0 unspecified atom stereocenters. The Morgan fingerprint density at radius 1 is 1.13 bits per heavy atom. The molecule has 4 N–H and O–H groups in total. The number of benzene rings is 1. The average molecular weight is 207 g/mol. The van der Waals surface area contributed by atoms with Crippen LogP contribution in [0.3, 0.4) is 0 Å². The maximum absolute atomic E-state index is 9.39. The summed E-state index contributed by atoms with van der Waals surface area (Å²) in [6, 6.07) is 4.84. The molecule has 1 saturated carbocycles. The van der Waals surface area contributed by atoms with Gasteiger partial charge in [0.2, 0.25) is 0 Å². The minimum atomic E-state index is -0.0858. The number of hydrogen-bond donors (Lipinski definition) is 3. The van der Waals surface area contributed by atoms with Crippen LogP contribution in [-0.4, -0.2) is 10.2 Å². The second-order valence-corrected chi connectivity index (χ2v) is 4.32. The van der Waals surface area contributed by atoms with Gasteiger partial charge in [-0.15, -0.1) is 0 Å².